The van der Waals surface area contributed by atoms with Crippen molar-refractivity contribution in [1.29, 1.82) is 0 Å². The Hall–Kier alpha value is -9.74. The number of benzene rings is 3. The minimum absolute atomic E-state index is 0.000800. The van der Waals surface area contributed by atoms with Crippen molar-refractivity contribution in [2.45, 2.75) is 104 Å². The molecule has 5 atom stereocenters. The van der Waals surface area contributed by atoms with Gasteiger partial charge in [-0.25, -0.2) is 9.69 Å². The Bertz CT molecular complexity index is 3530. The second-order valence-electron chi connectivity index (χ2n) is 23.2. The van der Waals surface area contributed by atoms with Crippen LogP contribution in [0, 0.1) is 5.92 Å². The number of amides is 9. The zero-order chi connectivity index (χ0) is 69.5. The van der Waals surface area contributed by atoms with Crippen LogP contribution in [-0.2, 0) is 59.1 Å². The molecule has 9 amide bonds. The molecule has 5 aliphatic rings. The van der Waals surface area contributed by atoms with Crippen molar-refractivity contribution in [3.63, 3.8) is 0 Å². The van der Waals surface area contributed by atoms with Gasteiger partial charge in [0.05, 0.1) is 115 Å². The number of nitrogens with zero attached hydrogens (tertiary/aromatic N) is 5. The van der Waals surface area contributed by atoms with Gasteiger partial charge in [-0.2, -0.15) is 0 Å². The van der Waals surface area contributed by atoms with Gasteiger partial charge in [-0.05, 0) is 80.5 Å². The van der Waals surface area contributed by atoms with Crippen molar-refractivity contribution in [3.8, 4) is 23.0 Å². The van der Waals surface area contributed by atoms with Gasteiger partial charge >= 0.3 is 6.09 Å². The fourth-order valence-corrected chi connectivity index (χ4v) is 10.9. The molecule has 3 aromatic carbocycles. The standard InChI is InChI=1S/C69H85N9O19/c1-8-11-46-33-49-39-71-52-37-57(55(89-6)35-50(52)66(85)76(49)40-46)95-23-10-24-96-58-38-53-51(36-56(58)90-7)67(86)77-41-47(12-9-2)34-54(77)68(87)78(53)69(88)97-42-45-13-15-48(16-14-45)73-64(83)44(5)72-65(84)63(43(3)4)74-60(80)20-25-91-27-29-93-31-32-94-30-28-92-26-21-70-59(79)19-22-75-61(81)17-18-62(75)82/h8-9,11-18,35-41,43-44,49,54,63,68,87H,10,19-34,42H2,1-7H3,(H,70,79)(H,72,84)(H,73,83)(H,74,80)/b11-8+,12-9+/t44-,49-,54-,63+,68-/m0/s1. The van der Waals surface area contributed by atoms with Gasteiger partial charge in [0.2, 0.25) is 23.6 Å². The molecule has 0 aromatic heterocycles. The topological polar surface area (TPSA) is 330 Å². The van der Waals surface area contributed by atoms with Crippen LogP contribution in [-0.4, -0.2) is 203 Å². The maximum Gasteiger partial charge on any atom is 0.416 e. The highest BCUT2D eigenvalue weighted by atomic mass is 16.6. The molecule has 28 heteroatoms. The number of nitrogens with one attached hydrogen (secondary N) is 4. The van der Waals surface area contributed by atoms with E-state index in [1.165, 1.54) is 50.3 Å². The Kier molecular flexibility index (Phi) is 27.0. The summed E-state index contributed by atoms with van der Waals surface area (Å²) >= 11 is 0. The van der Waals surface area contributed by atoms with E-state index in [2.05, 4.69) is 26.3 Å². The maximum atomic E-state index is 14.4. The highest BCUT2D eigenvalue weighted by Gasteiger charge is 2.46. The zero-order valence-corrected chi connectivity index (χ0v) is 55.5. The van der Waals surface area contributed by atoms with E-state index in [0.717, 1.165) is 20.9 Å². The number of aliphatic hydroxyl groups excluding tert-OH is 1. The highest BCUT2D eigenvalue weighted by molar-refractivity contribution is 6.13. The molecule has 0 bridgehead atoms. The minimum Gasteiger partial charge on any atom is -0.493 e. The van der Waals surface area contributed by atoms with E-state index < -0.39 is 65.9 Å². The summed E-state index contributed by atoms with van der Waals surface area (Å²) in [5.41, 5.74) is 3.54. The molecule has 0 aliphatic carbocycles. The largest absolute Gasteiger partial charge is 0.493 e. The highest BCUT2D eigenvalue weighted by Crippen LogP contribution is 2.43. The van der Waals surface area contributed by atoms with E-state index in [1.807, 2.05) is 44.4 Å². The molecule has 5 heterocycles. The molecule has 8 rings (SSSR count). The smallest absolute Gasteiger partial charge is 0.416 e. The number of rotatable bonds is 36. The van der Waals surface area contributed by atoms with Gasteiger partial charge < -0.3 is 78.8 Å². The third-order valence-corrected chi connectivity index (χ3v) is 15.9. The molecular formula is C69H85N9O19. The number of aliphatic imine (C=N–C) groups is 1. The Labute approximate surface area is 562 Å². The van der Waals surface area contributed by atoms with Gasteiger partial charge in [0.15, 0.2) is 29.2 Å². The summed E-state index contributed by atoms with van der Waals surface area (Å²) in [6, 6.07) is 9.55. The van der Waals surface area contributed by atoms with Gasteiger partial charge in [0, 0.05) is 80.9 Å². The molecule has 0 radical (unpaired) electrons. The summed E-state index contributed by atoms with van der Waals surface area (Å²) in [5, 5.41) is 22.9. The second kappa shape index (κ2) is 35.8. The Morgan fingerprint density at radius 2 is 1.25 bits per heavy atom. The molecular weight excluding hydrogens is 1260 g/mol. The number of hydrogen-bond acceptors (Lipinski definition) is 20. The van der Waals surface area contributed by atoms with Crippen LogP contribution in [0.25, 0.3) is 0 Å². The van der Waals surface area contributed by atoms with Crippen LogP contribution in [0.2, 0.25) is 0 Å². The average Bonchev–Trinajstić information content (AvgIpc) is 1.62. The summed E-state index contributed by atoms with van der Waals surface area (Å²) in [5.74, 6) is -2.66. The molecule has 0 unspecified atom stereocenters. The van der Waals surface area contributed by atoms with Crippen LogP contribution in [0.1, 0.15) is 93.0 Å². The van der Waals surface area contributed by atoms with Crippen molar-refractivity contribution in [2.24, 2.45) is 10.9 Å². The first-order valence-electron chi connectivity index (χ1n) is 32.1. The number of methoxy groups -OCH3 is 2. The van der Waals surface area contributed by atoms with E-state index in [9.17, 15) is 48.3 Å². The van der Waals surface area contributed by atoms with Crippen LogP contribution >= 0.6 is 0 Å². The fourth-order valence-electron chi connectivity index (χ4n) is 10.9. The molecule has 0 spiro atoms. The summed E-state index contributed by atoms with van der Waals surface area (Å²) in [7, 11) is 2.90. The first-order valence-corrected chi connectivity index (χ1v) is 32.1. The zero-order valence-electron chi connectivity index (χ0n) is 55.5. The average molecular weight is 1340 g/mol. The predicted octanol–water partition coefficient (Wildman–Crippen LogP) is 5.56. The van der Waals surface area contributed by atoms with Crippen LogP contribution in [0.4, 0.5) is 21.9 Å². The van der Waals surface area contributed by atoms with Gasteiger partial charge in [0.1, 0.15) is 18.7 Å². The fraction of sp³-hybridized carbons (Fsp3) is 0.449. The van der Waals surface area contributed by atoms with Crippen molar-refractivity contribution in [1.82, 2.24) is 30.7 Å². The van der Waals surface area contributed by atoms with E-state index in [-0.39, 0.29) is 125 Å². The quantitative estimate of drug-likeness (QED) is 0.0351. The number of carbonyl (C=O) groups excluding carboxylic acids is 9. The lowest BCUT2D eigenvalue weighted by molar-refractivity contribution is -0.137. The van der Waals surface area contributed by atoms with Crippen LogP contribution in [0.15, 0.2) is 114 Å². The third-order valence-electron chi connectivity index (χ3n) is 15.9. The monoisotopic (exact) mass is 1340 g/mol. The van der Waals surface area contributed by atoms with E-state index >= 15 is 0 Å². The van der Waals surface area contributed by atoms with Crippen LogP contribution in [0.3, 0.4) is 0 Å². The van der Waals surface area contributed by atoms with Gasteiger partial charge in [-0.3, -0.25) is 48.2 Å². The normalized spacial score (nSPS) is 17.7. The van der Waals surface area contributed by atoms with E-state index in [4.69, 9.17) is 42.6 Å². The number of aliphatic hydroxyl groups is 1. The van der Waals surface area contributed by atoms with Gasteiger partial charge in [-0.15, -0.1) is 0 Å². The summed E-state index contributed by atoms with van der Waals surface area (Å²) in [6.45, 7) is 11.0. The number of anilines is 2. The Morgan fingerprint density at radius 3 is 1.88 bits per heavy atom. The molecule has 520 valence electrons. The molecule has 0 fully saturated rings. The Morgan fingerprint density at radius 1 is 0.660 bits per heavy atom. The summed E-state index contributed by atoms with van der Waals surface area (Å²) in [4.78, 5) is 127. The molecule has 28 nitrogen and oxygen atoms in total. The SMILES string of the molecule is C/C=C/C1=CN2C(=O)c3cc(OC)c(OCCCOc4cc5c(cc4OC)C(=O)N4C=C(/C=C/C)C[C@H]4[C@H](O)N5C(=O)OCc4ccc(NC(=O)[C@H](C)NC(=O)[C@H](NC(=O)CCOCCOCCOCCOCCNC(=O)CCN5C(=O)C=CC5=O)C(C)C)cc4)cc3N=C[C@@H]2C1. The number of imide groups is 1. The molecule has 0 saturated carbocycles. The molecule has 5 aliphatic heterocycles. The molecule has 5 N–H and O–H groups in total. The first kappa shape index (κ1) is 73.1. The van der Waals surface area contributed by atoms with E-state index in [0.29, 0.717) is 73.3 Å². The van der Waals surface area contributed by atoms with Gasteiger partial charge in [0.25, 0.3) is 23.6 Å². The van der Waals surface area contributed by atoms with Crippen molar-refractivity contribution >= 4 is 76.6 Å². The number of ether oxygens (including phenoxy) is 9. The number of carbonyl (C=O) groups is 9. The Balaban J connectivity index is 0.757. The molecule has 3 aromatic rings. The van der Waals surface area contributed by atoms with Gasteiger partial charge in [-0.1, -0.05) is 50.3 Å². The number of hydrogen-bond donors (Lipinski definition) is 5. The molecule has 0 saturated heterocycles. The summed E-state index contributed by atoms with van der Waals surface area (Å²) < 4.78 is 51.5. The number of allylic oxidation sites excluding steroid dienone is 4. The molecule has 97 heavy (non-hydrogen) atoms. The lowest BCUT2D eigenvalue weighted by Crippen LogP contribution is -2.53. The first-order chi connectivity index (χ1) is 46.8. The minimum atomic E-state index is -1.58. The van der Waals surface area contributed by atoms with Crippen LogP contribution < -0.4 is 45.1 Å². The van der Waals surface area contributed by atoms with Crippen molar-refractivity contribution in [2.75, 3.05) is 104 Å². The maximum absolute atomic E-state index is 14.4. The summed E-state index contributed by atoms with van der Waals surface area (Å²) in [6.07, 6.45) is 13.7. The van der Waals surface area contributed by atoms with Crippen molar-refractivity contribution in [3.05, 3.63) is 125 Å². The predicted molar refractivity (Wildman–Crippen MR) is 354 cm³/mol. The van der Waals surface area contributed by atoms with Crippen LogP contribution in [0.5, 0.6) is 23.0 Å². The second-order valence-corrected chi connectivity index (χ2v) is 23.2. The van der Waals surface area contributed by atoms with Crippen molar-refractivity contribution < 1.29 is 90.9 Å². The number of fused-ring (bicyclic) bond motifs is 4. The van der Waals surface area contributed by atoms with E-state index in [1.54, 1.807) is 67.6 Å². The third kappa shape index (κ3) is 19.7. The lowest BCUT2D eigenvalue weighted by atomic mass is 10.0. The lowest BCUT2D eigenvalue weighted by Gasteiger charge is -2.31.